The molecule has 0 saturated carbocycles. The summed E-state index contributed by atoms with van der Waals surface area (Å²) < 4.78 is 0. The lowest BCUT2D eigenvalue weighted by Gasteiger charge is -2.18. The predicted octanol–water partition coefficient (Wildman–Crippen LogP) is 2.53. The van der Waals surface area contributed by atoms with E-state index in [4.69, 9.17) is 11.5 Å². The molecule has 25 heavy (non-hydrogen) atoms. The SMILES string of the molecule is CCCC(/C(N)=C(\C)CC)=C(\C=C(/C)[C@H]1CCC(CO)N1)C(/N)=N/O. The van der Waals surface area contributed by atoms with Gasteiger partial charge < -0.3 is 27.1 Å². The summed E-state index contributed by atoms with van der Waals surface area (Å²) >= 11 is 0. The fourth-order valence-electron chi connectivity index (χ4n) is 3.13. The molecular formula is C19H34N4O2. The van der Waals surface area contributed by atoms with E-state index in [2.05, 4.69) is 24.3 Å². The number of nitrogens with zero attached hydrogens (tertiary/aromatic N) is 1. The number of nitrogens with two attached hydrogens (primary N) is 2. The zero-order chi connectivity index (χ0) is 19.0. The van der Waals surface area contributed by atoms with Crippen LogP contribution in [0.4, 0.5) is 0 Å². The molecular weight excluding hydrogens is 316 g/mol. The minimum Gasteiger partial charge on any atom is -0.409 e. The van der Waals surface area contributed by atoms with Gasteiger partial charge in [-0.1, -0.05) is 42.6 Å². The van der Waals surface area contributed by atoms with E-state index in [1.807, 2.05) is 19.9 Å². The first-order chi connectivity index (χ1) is 11.9. The van der Waals surface area contributed by atoms with Gasteiger partial charge >= 0.3 is 0 Å². The van der Waals surface area contributed by atoms with Crippen molar-refractivity contribution in [3.05, 3.63) is 34.1 Å². The Labute approximate surface area is 151 Å². The van der Waals surface area contributed by atoms with Crippen LogP contribution in [-0.4, -0.2) is 34.8 Å². The van der Waals surface area contributed by atoms with Gasteiger partial charge in [-0.3, -0.25) is 0 Å². The van der Waals surface area contributed by atoms with E-state index in [0.717, 1.165) is 54.5 Å². The molecule has 0 radical (unpaired) electrons. The Morgan fingerprint density at radius 3 is 2.40 bits per heavy atom. The van der Waals surface area contributed by atoms with E-state index in [9.17, 15) is 10.3 Å². The number of rotatable bonds is 8. The van der Waals surface area contributed by atoms with E-state index in [-0.39, 0.29) is 24.5 Å². The Bertz CT molecular complexity index is 576. The number of hydrogen-bond acceptors (Lipinski definition) is 5. The van der Waals surface area contributed by atoms with Crippen molar-refractivity contribution >= 4 is 5.84 Å². The van der Waals surface area contributed by atoms with Gasteiger partial charge in [0.15, 0.2) is 5.84 Å². The summed E-state index contributed by atoms with van der Waals surface area (Å²) in [5.74, 6) is 0.0753. The molecule has 7 N–H and O–H groups in total. The third-order valence-corrected chi connectivity index (χ3v) is 4.91. The van der Waals surface area contributed by atoms with Crippen molar-refractivity contribution in [2.75, 3.05) is 6.61 Å². The second kappa shape index (κ2) is 10.3. The molecule has 1 saturated heterocycles. The van der Waals surface area contributed by atoms with Gasteiger partial charge in [0.25, 0.3) is 0 Å². The molecule has 1 unspecified atom stereocenters. The first-order valence-corrected chi connectivity index (χ1v) is 9.11. The summed E-state index contributed by atoms with van der Waals surface area (Å²) in [4.78, 5) is 0. The summed E-state index contributed by atoms with van der Waals surface area (Å²) in [5.41, 5.74) is 16.9. The van der Waals surface area contributed by atoms with Crippen LogP contribution in [0.2, 0.25) is 0 Å². The highest BCUT2D eigenvalue weighted by atomic mass is 16.4. The van der Waals surface area contributed by atoms with Gasteiger partial charge in [-0.05, 0) is 45.1 Å². The molecule has 1 aliphatic heterocycles. The second-order valence-electron chi connectivity index (χ2n) is 6.74. The largest absolute Gasteiger partial charge is 0.409 e. The van der Waals surface area contributed by atoms with Crippen LogP contribution in [0.1, 0.15) is 59.8 Å². The predicted molar refractivity (Wildman–Crippen MR) is 103 cm³/mol. The van der Waals surface area contributed by atoms with Gasteiger partial charge in [0.1, 0.15) is 0 Å². The Hall–Kier alpha value is -1.79. The lowest BCUT2D eigenvalue weighted by molar-refractivity contribution is 0.253. The van der Waals surface area contributed by atoms with Crippen LogP contribution in [0.5, 0.6) is 0 Å². The van der Waals surface area contributed by atoms with E-state index < -0.39 is 0 Å². The molecule has 1 rings (SSSR count). The van der Waals surface area contributed by atoms with Gasteiger partial charge in [-0.15, -0.1) is 0 Å². The minimum atomic E-state index is 0.0753. The number of aliphatic hydroxyl groups excluding tert-OH is 1. The van der Waals surface area contributed by atoms with Crippen LogP contribution in [0.25, 0.3) is 0 Å². The third-order valence-electron chi connectivity index (χ3n) is 4.91. The van der Waals surface area contributed by atoms with Gasteiger partial charge in [-0.2, -0.15) is 0 Å². The molecule has 2 atom stereocenters. The number of allylic oxidation sites excluding steroid dienone is 2. The highest BCUT2D eigenvalue weighted by molar-refractivity contribution is 6.00. The molecule has 0 bridgehead atoms. The molecule has 0 aromatic carbocycles. The topological polar surface area (TPSA) is 117 Å². The molecule has 6 nitrogen and oxygen atoms in total. The number of aliphatic hydroxyl groups is 1. The highest BCUT2D eigenvalue weighted by Crippen LogP contribution is 2.25. The van der Waals surface area contributed by atoms with E-state index in [1.54, 1.807) is 0 Å². The summed E-state index contributed by atoms with van der Waals surface area (Å²) in [5, 5.41) is 25.2. The van der Waals surface area contributed by atoms with Gasteiger partial charge in [-0.25, -0.2) is 0 Å². The normalized spacial score (nSPS) is 24.2. The number of nitrogens with one attached hydrogen (secondary N) is 1. The molecule has 1 heterocycles. The zero-order valence-electron chi connectivity index (χ0n) is 16.0. The molecule has 0 spiro atoms. The van der Waals surface area contributed by atoms with Gasteiger partial charge in [0.2, 0.25) is 0 Å². The standard InChI is InChI=1S/C19H34N4O2/c1-5-7-15(18(20)12(3)6-2)16(19(21)23-25)10-13(4)17-9-8-14(11-24)22-17/h10,14,17,22,24-25H,5-9,11,20H2,1-4H3,(H2,21,23)/b13-10+,16-15-,18-12-/t14?,17-/m1/s1. The third kappa shape index (κ3) is 5.61. The van der Waals surface area contributed by atoms with Crippen molar-refractivity contribution < 1.29 is 10.3 Å². The summed E-state index contributed by atoms with van der Waals surface area (Å²) in [7, 11) is 0. The lowest BCUT2D eigenvalue weighted by Crippen LogP contribution is -2.32. The molecule has 0 aliphatic carbocycles. The smallest absolute Gasteiger partial charge is 0.170 e. The minimum absolute atomic E-state index is 0.0753. The van der Waals surface area contributed by atoms with Crippen LogP contribution in [-0.2, 0) is 0 Å². The molecule has 142 valence electrons. The fourth-order valence-corrected chi connectivity index (χ4v) is 3.13. The highest BCUT2D eigenvalue weighted by Gasteiger charge is 2.24. The maximum Gasteiger partial charge on any atom is 0.170 e. The molecule has 0 aromatic rings. The first-order valence-electron chi connectivity index (χ1n) is 9.11. The second-order valence-corrected chi connectivity index (χ2v) is 6.74. The summed E-state index contributed by atoms with van der Waals surface area (Å²) in [6.07, 6.45) is 6.39. The average Bonchev–Trinajstić information content (AvgIpc) is 3.11. The fraction of sp³-hybridized carbons (Fsp3) is 0.632. The average molecular weight is 351 g/mol. The summed E-state index contributed by atoms with van der Waals surface area (Å²) in [6.45, 7) is 8.32. The van der Waals surface area contributed by atoms with Crippen LogP contribution in [0, 0.1) is 0 Å². The van der Waals surface area contributed by atoms with Crippen molar-refractivity contribution in [2.24, 2.45) is 16.6 Å². The lowest BCUT2D eigenvalue weighted by atomic mass is 9.93. The molecule has 1 fully saturated rings. The molecule has 1 aliphatic rings. The zero-order valence-corrected chi connectivity index (χ0v) is 16.0. The number of oxime groups is 1. The van der Waals surface area contributed by atoms with Crippen LogP contribution >= 0.6 is 0 Å². The molecule has 0 aromatic heterocycles. The maximum atomic E-state index is 9.31. The molecule has 0 amide bonds. The van der Waals surface area contributed by atoms with E-state index >= 15 is 0 Å². The quantitative estimate of drug-likeness (QED) is 0.152. The Morgan fingerprint density at radius 1 is 1.24 bits per heavy atom. The maximum absolute atomic E-state index is 9.31. The Balaban J connectivity index is 3.36. The van der Waals surface area contributed by atoms with Crippen molar-refractivity contribution in [2.45, 2.75) is 71.9 Å². The van der Waals surface area contributed by atoms with E-state index in [0.29, 0.717) is 5.57 Å². The van der Waals surface area contributed by atoms with Crippen LogP contribution in [0.15, 0.2) is 39.2 Å². The number of hydrogen-bond donors (Lipinski definition) is 5. The van der Waals surface area contributed by atoms with Crippen molar-refractivity contribution in [1.29, 1.82) is 0 Å². The summed E-state index contributed by atoms with van der Waals surface area (Å²) in [6, 6.07) is 0.311. The van der Waals surface area contributed by atoms with Gasteiger partial charge in [0, 0.05) is 23.4 Å². The Kier molecular flexibility index (Phi) is 8.72. The van der Waals surface area contributed by atoms with Crippen LogP contribution < -0.4 is 16.8 Å². The van der Waals surface area contributed by atoms with Gasteiger partial charge in [0.05, 0.1) is 6.61 Å². The number of amidine groups is 1. The van der Waals surface area contributed by atoms with Crippen LogP contribution in [0.3, 0.4) is 0 Å². The van der Waals surface area contributed by atoms with Crippen molar-refractivity contribution in [3.8, 4) is 0 Å². The van der Waals surface area contributed by atoms with Crippen molar-refractivity contribution in [3.63, 3.8) is 0 Å². The Morgan fingerprint density at radius 2 is 1.92 bits per heavy atom. The first kappa shape index (κ1) is 21.3. The van der Waals surface area contributed by atoms with E-state index in [1.165, 1.54) is 0 Å². The monoisotopic (exact) mass is 350 g/mol. The molecule has 6 heteroatoms. The van der Waals surface area contributed by atoms with Crippen molar-refractivity contribution in [1.82, 2.24) is 5.32 Å².